The summed E-state index contributed by atoms with van der Waals surface area (Å²) in [6.45, 7) is 2.93. The van der Waals surface area contributed by atoms with Gasteiger partial charge in [0.05, 0.1) is 4.90 Å². The SMILES string of the molecule is Cc1cc(C(=O)Nc2ccc(NS(=O)(=O)c3ccc(F)c(F)c3)cc2)ccc1N1CCNC1=O. The van der Waals surface area contributed by atoms with E-state index in [0.29, 0.717) is 30.4 Å². The minimum atomic E-state index is -4.13. The summed E-state index contributed by atoms with van der Waals surface area (Å²) in [4.78, 5) is 25.7. The molecule has 3 aromatic carbocycles. The lowest BCUT2D eigenvalue weighted by molar-refractivity contribution is 0.102. The number of amides is 3. The van der Waals surface area contributed by atoms with Gasteiger partial charge in [0, 0.05) is 35.7 Å². The average molecular weight is 487 g/mol. The third-order valence-corrected chi connectivity index (χ3v) is 6.58. The number of benzene rings is 3. The van der Waals surface area contributed by atoms with Crippen molar-refractivity contribution in [3.8, 4) is 0 Å². The van der Waals surface area contributed by atoms with Gasteiger partial charge in [-0.25, -0.2) is 22.0 Å². The summed E-state index contributed by atoms with van der Waals surface area (Å²) >= 11 is 0. The predicted octanol–water partition coefficient (Wildman–Crippen LogP) is 3.86. The highest BCUT2D eigenvalue weighted by Crippen LogP contribution is 2.24. The largest absolute Gasteiger partial charge is 0.336 e. The van der Waals surface area contributed by atoms with Crippen molar-refractivity contribution in [3.05, 3.63) is 83.4 Å². The van der Waals surface area contributed by atoms with Gasteiger partial charge in [-0.15, -0.1) is 0 Å². The Labute approximate surface area is 194 Å². The van der Waals surface area contributed by atoms with Gasteiger partial charge in [0.15, 0.2) is 11.6 Å². The topological polar surface area (TPSA) is 108 Å². The molecule has 1 fully saturated rings. The molecule has 0 aromatic heterocycles. The second kappa shape index (κ2) is 9.10. The van der Waals surface area contributed by atoms with Gasteiger partial charge in [-0.1, -0.05) is 0 Å². The number of urea groups is 1. The molecule has 0 atom stereocenters. The monoisotopic (exact) mass is 486 g/mol. The van der Waals surface area contributed by atoms with Crippen molar-refractivity contribution in [2.75, 3.05) is 28.0 Å². The van der Waals surface area contributed by atoms with Gasteiger partial charge in [-0.05, 0) is 73.2 Å². The van der Waals surface area contributed by atoms with Crippen molar-refractivity contribution in [3.63, 3.8) is 0 Å². The maximum absolute atomic E-state index is 13.4. The zero-order valence-electron chi connectivity index (χ0n) is 17.9. The number of nitrogens with one attached hydrogen (secondary N) is 3. The molecule has 3 N–H and O–H groups in total. The van der Waals surface area contributed by atoms with Crippen molar-refractivity contribution in [2.45, 2.75) is 11.8 Å². The Kier molecular flexibility index (Phi) is 6.20. The molecular weight excluding hydrogens is 466 g/mol. The van der Waals surface area contributed by atoms with Gasteiger partial charge in [0.25, 0.3) is 15.9 Å². The summed E-state index contributed by atoms with van der Waals surface area (Å²) in [6.07, 6.45) is 0. The number of hydrogen-bond acceptors (Lipinski definition) is 4. The molecule has 1 aliphatic rings. The number of carbonyl (C=O) groups excluding carboxylic acids is 2. The summed E-state index contributed by atoms with van der Waals surface area (Å²) < 4.78 is 53.5. The van der Waals surface area contributed by atoms with Crippen LogP contribution in [0.15, 0.2) is 65.6 Å². The molecule has 11 heteroatoms. The number of carbonyl (C=O) groups is 2. The predicted molar refractivity (Wildman–Crippen MR) is 123 cm³/mol. The number of anilines is 3. The summed E-state index contributed by atoms with van der Waals surface area (Å²) in [5.74, 6) is -2.80. The Balaban J connectivity index is 1.43. The van der Waals surface area contributed by atoms with E-state index < -0.39 is 26.6 Å². The van der Waals surface area contributed by atoms with Crippen LogP contribution in [0.2, 0.25) is 0 Å². The molecular formula is C23H20F2N4O4S. The number of aryl methyl sites for hydroxylation is 1. The molecule has 0 saturated carbocycles. The van der Waals surface area contributed by atoms with E-state index in [0.717, 1.165) is 23.4 Å². The highest BCUT2D eigenvalue weighted by molar-refractivity contribution is 7.92. The van der Waals surface area contributed by atoms with Crippen molar-refractivity contribution >= 4 is 39.0 Å². The van der Waals surface area contributed by atoms with Crippen LogP contribution in [0.5, 0.6) is 0 Å². The summed E-state index contributed by atoms with van der Waals surface area (Å²) in [5, 5.41) is 5.45. The van der Waals surface area contributed by atoms with E-state index in [4.69, 9.17) is 0 Å². The minimum Gasteiger partial charge on any atom is -0.336 e. The van der Waals surface area contributed by atoms with E-state index in [1.165, 1.54) is 24.3 Å². The molecule has 0 unspecified atom stereocenters. The molecule has 0 aliphatic carbocycles. The highest BCUT2D eigenvalue weighted by atomic mass is 32.2. The lowest BCUT2D eigenvalue weighted by Crippen LogP contribution is -2.28. The first-order valence-corrected chi connectivity index (χ1v) is 11.7. The third-order valence-electron chi connectivity index (χ3n) is 5.20. The Morgan fingerprint density at radius 2 is 1.68 bits per heavy atom. The van der Waals surface area contributed by atoms with Gasteiger partial charge in [-0.3, -0.25) is 14.4 Å². The number of sulfonamides is 1. The zero-order chi connectivity index (χ0) is 24.5. The molecule has 0 bridgehead atoms. The second-order valence-corrected chi connectivity index (χ2v) is 9.28. The lowest BCUT2D eigenvalue weighted by Gasteiger charge is -2.17. The smallest absolute Gasteiger partial charge is 0.322 e. The summed E-state index contributed by atoms with van der Waals surface area (Å²) in [5.41, 5.74) is 2.48. The standard InChI is InChI=1S/C23H20F2N4O4S/c1-14-12-15(2-9-21(14)29-11-10-26-23(29)31)22(30)27-16-3-5-17(6-4-16)28-34(32,33)18-7-8-19(24)20(25)13-18/h2-9,12-13,28H,10-11H2,1H3,(H,26,31)(H,27,30). The Morgan fingerprint density at radius 1 is 0.971 bits per heavy atom. The third kappa shape index (κ3) is 4.84. The van der Waals surface area contributed by atoms with Crippen LogP contribution in [0.3, 0.4) is 0 Å². The molecule has 3 aromatic rings. The van der Waals surface area contributed by atoms with Crippen molar-refractivity contribution in [1.82, 2.24) is 5.32 Å². The van der Waals surface area contributed by atoms with E-state index in [1.54, 1.807) is 23.1 Å². The summed E-state index contributed by atoms with van der Waals surface area (Å²) in [7, 11) is -4.13. The number of hydrogen-bond donors (Lipinski definition) is 3. The van der Waals surface area contributed by atoms with Crippen LogP contribution in [0, 0.1) is 18.6 Å². The average Bonchev–Trinajstić information content (AvgIpc) is 3.22. The number of nitrogens with zero attached hydrogens (tertiary/aromatic N) is 1. The van der Waals surface area contributed by atoms with Gasteiger partial charge in [0.2, 0.25) is 0 Å². The minimum absolute atomic E-state index is 0.173. The number of halogens is 2. The normalized spacial score (nSPS) is 13.5. The van der Waals surface area contributed by atoms with E-state index in [2.05, 4.69) is 15.4 Å². The fraction of sp³-hybridized carbons (Fsp3) is 0.130. The van der Waals surface area contributed by atoms with Crippen LogP contribution in [0.4, 0.5) is 30.6 Å². The molecule has 1 heterocycles. The van der Waals surface area contributed by atoms with Crippen LogP contribution >= 0.6 is 0 Å². The molecule has 1 saturated heterocycles. The van der Waals surface area contributed by atoms with E-state index in [1.807, 2.05) is 6.92 Å². The van der Waals surface area contributed by atoms with Crippen molar-refractivity contribution < 1.29 is 26.8 Å². The first kappa shape index (κ1) is 23.2. The fourth-order valence-electron chi connectivity index (χ4n) is 3.48. The van der Waals surface area contributed by atoms with Gasteiger partial charge in [-0.2, -0.15) is 0 Å². The zero-order valence-corrected chi connectivity index (χ0v) is 18.7. The molecule has 4 rings (SSSR count). The molecule has 8 nitrogen and oxygen atoms in total. The van der Waals surface area contributed by atoms with E-state index in [-0.39, 0.29) is 17.6 Å². The van der Waals surface area contributed by atoms with Crippen LogP contribution in [0.25, 0.3) is 0 Å². The van der Waals surface area contributed by atoms with E-state index >= 15 is 0 Å². The first-order valence-electron chi connectivity index (χ1n) is 10.2. The Morgan fingerprint density at radius 3 is 2.29 bits per heavy atom. The van der Waals surface area contributed by atoms with Gasteiger partial charge in [0.1, 0.15) is 0 Å². The molecule has 0 spiro atoms. The first-order chi connectivity index (χ1) is 16.1. The molecule has 34 heavy (non-hydrogen) atoms. The van der Waals surface area contributed by atoms with Crippen LogP contribution < -0.4 is 20.3 Å². The van der Waals surface area contributed by atoms with Crippen molar-refractivity contribution in [2.24, 2.45) is 0 Å². The second-order valence-electron chi connectivity index (χ2n) is 7.60. The van der Waals surface area contributed by atoms with Crippen molar-refractivity contribution in [1.29, 1.82) is 0 Å². The van der Waals surface area contributed by atoms with E-state index in [9.17, 15) is 26.8 Å². The lowest BCUT2D eigenvalue weighted by atomic mass is 10.1. The maximum Gasteiger partial charge on any atom is 0.322 e. The fourth-order valence-corrected chi connectivity index (χ4v) is 4.55. The number of rotatable bonds is 6. The summed E-state index contributed by atoms with van der Waals surface area (Å²) in [6, 6.07) is 13.0. The Bertz CT molecular complexity index is 1380. The van der Waals surface area contributed by atoms with Gasteiger partial charge >= 0.3 is 6.03 Å². The maximum atomic E-state index is 13.4. The molecule has 3 amide bonds. The molecule has 176 valence electrons. The quantitative estimate of drug-likeness (QED) is 0.492. The van der Waals surface area contributed by atoms with Crippen LogP contribution in [0.1, 0.15) is 15.9 Å². The van der Waals surface area contributed by atoms with Gasteiger partial charge < -0.3 is 10.6 Å². The molecule has 0 radical (unpaired) electrons. The highest BCUT2D eigenvalue weighted by Gasteiger charge is 2.23. The Hall–Kier alpha value is -3.99. The molecule has 1 aliphatic heterocycles. The van der Waals surface area contributed by atoms with Crippen LogP contribution in [-0.2, 0) is 10.0 Å². The van der Waals surface area contributed by atoms with Crippen LogP contribution in [-0.4, -0.2) is 33.4 Å².